The molecule has 16 heavy (non-hydrogen) atoms. The molecule has 0 radical (unpaired) electrons. The normalized spacial score (nSPS) is 10.8. The number of hydrogen-bond donors (Lipinski definition) is 1. The minimum atomic E-state index is -0.0319. The lowest BCUT2D eigenvalue weighted by atomic mass is 10.2. The third kappa shape index (κ3) is 1.20. The number of aromatic nitrogens is 4. The molecule has 0 aliphatic heterocycles. The van der Waals surface area contributed by atoms with Gasteiger partial charge in [-0.1, -0.05) is 0 Å². The number of aldehydes is 1. The third-order valence-electron chi connectivity index (χ3n) is 2.23. The number of pyridine rings is 1. The lowest BCUT2D eigenvalue weighted by Gasteiger charge is -1.95. The van der Waals surface area contributed by atoms with E-state index in [9.17, 15) is 4.79 Å². The highest BCUT2D eigenvalue weighted by Gasteiger charge is 2.11. The fourth-order valence-corrected chi connectivity index (χ4v) is 1.54. The van der Waals surface area contributed by atoms with Crippen molar-refractivity contribution < 1.29 is 9.21 Å². The minimum Gasteiger partial charge on any atom is -0.414 e. The van der Waals surface area contributed by atoms with E-state index in [1.165, 1.54) is 0 Å². The van der Waals surface area contributed by atoms with Gasteiger partial charge in [-0.3, -0.25) is 4.79 Å². The summed E-state index contributed by atoms with van der Waals surface area (Å²) in [5, 5.41) is 8.26. The molecule has 0 aromatic carbocycles. The maximum absolute atomic E-state index is 10.4. The topological polar surface area (TPSA) is 84.7 Å². The molecule has 0 unspecified atom stereocenters. The van der Waals surface area contributed by atoms with Crippen LogP contribution in [-0.2, 0) is 0 Å². The zero-order valence-electron chi connectivity index (χ0n) is 8.04. The SMILES string of the molecule is O=Cc1nnc(-c2ccnc3[nH]ccc23)o1. The molecule has 0 aliphatic carbocycles. The Kier molecular flexibility index (Phi) is 1.79. The van der Waals surface area contributed by atoms with Gasteiger partial charge in [0.15, 0.2) is 0 Å². The molecule has 0 saturated heterocycles. The van der Waals surface area contributed by atoms with Gasteiger partial charge in [-0.25, -0.2) is 4.98 Å². The average Bonchev–Trinajstić information content (AvgIpc) is 2.97. The third-order valence-corrected chi connectivity index (χ3v) is 2.23. The zero-order chi connectivity index (χ0) is 11.0. The molecule has 0 fully saturated rings. The van der Waals surface area contributed by atoms with E-state index in [-0.39, 0.29) is 5.89 Å². The van der Waals surface area contributed by atoms with Crippen molar-refractivity contribution in [2.75, 3.05) is 0 Å². The Morgan fingerprint density at radius 3 is 3.06 bits per heavy atom. The van der Waals surface area contributed by atoms with Gasteiger partial charge in [0.2, 0.25) is 12.2 Å². The van der Waals surface area contributed by atoms with Crippen LogP contribution >= 0.6 is 0 Å². The molecule has 78 valence electrons. The summed E-state index contributed by atoms with van der Waals surface area (Å²) in [7, 11) is 0. The van der Waals surface area contributed by atoms with Gasteiger partial charge in [-0.2, -0.15) is 0 Å². The maximum Gasteiger partial charge on any atom is 0.280 e. The monoisotopic (exact) mass is 214 g/mol. The molecule has 3 aromatic heterocycles. The first-order valence-corrected chi connectivity index (χ1v) is 4.59. The number of fused-ring (bicyclic) bond motifs is 1. The highest BCUT2D eigenvalue weighted by molar-refractivity contribution is 5.90. The molecular weight excluding hydrogens is 208 g/mol. The van der Waals surface area contributed by atoms with E-state index >= 15 is 0 Å². The average molecular weight is 214 g/mol. The van der Waals surface area contributed by atoms with Gasteiger partial charge in [0.25, 0.3) is 5.89 Å². The van der Waals surface area contributed by atoms with Gasteiger partial charge in [0, 0.05) is 17.8 Å². The first-order chi connectivity index (χ1) is 7.88. The number of carbonyl (C=O) groups is 1. The molecule has 0 bridgehead atoms. The molecule has 6 heteroatoms. The standard InChI is InChI=1S/C10H6N4O2/c15-5-8-13-14-10(16-8)7-2-4-12-9-6(7)1-3-11-9/h1-5H,(H,11,12). The van der Waals surface area contributed by atoms with Crippen LogP contribution in [0.25, 0.3) is 22.5 Å². The molecule has 0 spiro atoms. The second-order valence-corrected chi connectivity index (χ2v) is 3.16. The largest absolute Gasteiger partial charge is 0.414 e. The highest BCUT2D eigenvalue weighted by atomic mass is 16.4. The van der Waals surface area contributed by atoms with Crippen molar-refractivity contribution in [2.45, 2.75) is 0 Å². The van der Waals surface area contributed by atoms with E-state index in [4.69, 9.17) is 4.42 Å². The summed E-state index contributed by atoms with van der Waals surface area (Å²) >= 11 is 0. The van der Waals surface area contributed by atoms with Crippen LogP contribution in [0.4, 0.5) is 0 Å². The van der Waals surface area contributed by atoms with Crippen LogP contribution < -0.4 is 0 Å². The molecule has 3 rings (SSSR count). The van der Waals surface area contributed by atoms with E-state index in [1.807, 2.05) is 6.07 Å². The Morgan fingerprint density at radius 2 is 2.25 bits per heavy atom. The Bertz CT molecular complexity index is 655. The molecule has 0 aliphatic rings. The molecule has 6 nitrogen and oxygen atoms in total. The maximum atomic E-state index is 10.4. The number of hydrogen-bond acceptors (Lipinski definition) is 5. The molecule has 1 N–H and O–H groups in total. The van der Waals surface area contributed by atoms with Gasteiger partial charge in [0.1, 0.15) is 5.65 Å². The first-order valence-electron chi connectivity index (χ1n) is 4.59. The van der Waals surface area contributed by atoms with Crippen LogP contribution in [0.3, 0.4) is 0 Å². The summed E-state index contributed by atoms with van der Waals surface area (Å²) in [6.07, 6.45) is 3.93. The van der Waals surface area contributed by atoms with Crippen molar-refractivity contribution in [1.29, 1.82) is 0 Å². The fraction of sp³-hybridized carbons (Fsp3) is 0. The fourth-order valence-electron chi connectivity index (χ4n) is 1.54. The number of nitrogens with zero attached hydrogens (tertiary/aromatic N) is 3. The molecule has 3 aromatic rings. The number of rotatable bonds is 2. The summed E-state index contributed by atoms with van der Waals surface area (Å²) in [5.74, 6) is 0.282. The molecule has 3 heterocycles. The van der Waals surface area contributed by atoms with Crippen LogP contribution in [0, 0.1) is 0 Å². The van der Waals surface area contributed by atoms with Crippen molar-refractivity contribution in [3.05, 3.63) is 30.4 Å². The van der Waals surface area contributed by atoms with Crippen molar-refractivity contribution >= 4 is 17.3 Å². The smallest absolute Gasteiger partial charge is 0.280 e. The Labute approximate surface area is 89.3 Å². The number of nitrogens with one attached hydrogen (secondary N) is 1. The molecule has 0 atom stereocenters. The Balaban J connectivity index is 2.24. The van der Waals surface area contributed by atoms with Crippen LogP contribution in [0.5, 0.6) is 0 Å². The lowest BCUT2D eigenvalue weighted by molar-refractivity contribution is 0.109. The summed E-state index contributed by atoms with van der Waals surface area (Å²) in [4.78, 5) is 17.6. The zero-order valence-corrected chi connectivity index (χ0v) is 8.04. The van der Waals surface area contributed by atoms with Gasteiger partial charge in [0.05, 0.1) is 5.56 Å². The van der Waals surface area contributed by atoms with Crippen LogP contribution in [0.2, 0.25) is 0 Å². The number of H-pyrrole nitrogens is 1. The number of carbonyl (C=O) groups excluding carboxylic acids is 1. The highest BCUT2D eigenvalue weighted by Crippen LogP contribution is 2.25. The van der Waals surface area contributed by atoms with Crippen molar-refractivity contribution in [2.24, 2.45) is 0 Å². The second-order valence-electron chi connectivity index (χ2n) is 3.16. The molecular formula is C10H6N4O2. The van der Waals surface area contributed by atoms with Crippen molar-refractivity contribution in [3.8, 4) is 11.5 Å². The Hall–Kier alpha value is -2.50. The van der Waals surface area contributed by atoms with Gasteiger partial charge in [-0.05, 0) is 12.1 Å². The summed E-state index contributed by atoms with van der Waals surface area (Å²) in [6, 6.07) is 3.63. The van der Waals surface area contributed by atoms with Gasteiger partial charge in [-0.15, -0.1) is 10.2 Å². The van der Waals surface area contributed by atoms with E-state index in [0.717, 1.165) is 16.6 Å². The molecule has 0 amide bonds. The van der Waals surface area contributed by atoms with E-state index in [1.54, 1.807) is 18.5 Å². The van der Waals surface area contributed by atoms with Crippen LogP contribution in [-0.4, -0.2) is 26.5 Å². The molecule has 0 saturated carbocycles. The summed E-state index contributed by atoms with van der Waals surface area (Å²) in [6.45, 7) is 0. The van der Waals surface area contributed by atoms with Crippen molar-refractivity contribution in [3.63, 3.8) is 0 Å². The predicted octanol–water partition coefficient (Wildman–Crippen LogP) is 1.43. The summed E-state index contributed by atoms with van der Waals surface area (Å²) < 4.78 is 5.16. The minimum absolute atomic E-state index is 0.0319. The second kappa shape index (κ2) is 3.27. The summed E-state index contributed by atoms with van der Waals surface area (Å²) in [5.41, 5.74) is 1.50. The first kappa shape index (κ1) is 8.78. The van der Waals surface area contributed by atoms with E-state index < -0.39 is 0 Å². The number of aromatic amines is 1. The van der Waals surface area contributed by atoms with Crippen LogP contribution in [0.15, 0.2) is 28.9 Å². The van der Waals surface area contributed by atoms with E-state index in [0.29, 0.717) is 12.2 Å². The van der Waals surface area contributed by atoms with E-state index in [2.05, 4.69) is 20.2 Å². The van der Waals surface area contributed by atoms with Crippen molar-refractivity contribution in [1.82, 2.24) is 20.2 Å². The van der Waals surface area contributed by atoms with Gasteiger partial charge < -0.3 is 9.40 Å². The Morgan fingerprint density at radius 1 is 1.31 bits per heavy atom. The lowest BCUT2D eigenvalue weighted by Crippen LogP contribution is -1.81. The predicted molar refractivity (Wildman–Crippen MR) is 54.8 cm³/mol. The quantitative estimate of drug-likeness (QED) is 0.652. The van der Waals surface area contributed by atoms with Gasteiger partial charge >= 0.3 is 0 Å². The van der Waals surface area contributed by atoms with Crippen LogP contribution in [0.1, 0.15) is 10.7 Å².